The predicted octanol–water partition coefficient (Wildman–Crippen LogP) is 2.43. The zero-order valence-corrected chi connectivity index (χ0v) is 15.2. The van der Waals surface area contributed by atoms with Crippen molar-refractivity contribution in [1.82, 2.24) is 5.32 Å². The van der Waals surface area contributed by atoms with Crippen LogP contribution in [0.15, 0.2) is 0 Å². The predicted molar refractivity (Wildman–Crippen MR) is 86.7 cm³/mol. The molecule has 0 amide bonds. The first kappa shape index (κ1) is 17.2. The Bertz CT molecular complexity index is 476. The van der Waals surface area contributed by atoms with Gasteiger partial charge in [0.2, 0.25) is 5.79 Å². The lowest BCUT2D eigenvalue weighted by Crippen LogP contribution is -2.70. The summed E-state index contributed by atoms with van der Waals surface area (Å²) < 4.78 is 18.6. The summed E-state index contributed by atoms with van der Waals surface area (Å²) in [6.45, 7) is 7.94. The van der Waals surface area contributed by atoms with Crippen molar-refractivity contribution in [2.75, 3.05) is 20.2 Å². The molecule has 2 unspecified atom stereocenters. The Morgan fingerprint density at radius 2 is 1.96 bits per heavy atom. The third-order valence-corrected chi connectivity index (χ3v) is 6.73. The van der Waals surface area contributed by atoms with E-state index < -0.39 is 17.7 Å². The average Bonchev–Trinajstić information content (AvgIpc) is 2.78. The number of fused-ring (bicyclic) bond motifs is 2. The molecule has 0 aromatic heterocycles. The molecule has 4 aliphatic heterocycles. The van der Waals surface area contributed by atoms with Crippen LogP contribution in [-0.2, 0) is 24.0 Å². The molecule has 1 aliphatic carbocycles. The van der Waals surface area contributed by atoms with Gasteiger partial charge in [0.15, 0.2) is 18.2 Å². The molecule has 6 heteroatoms. The molecule has 1 saturated carbocycles. The van der Waals surface area contributed by atoms with Crippen LogP contribution in [0.4, 0.5) is 0 Å². The topological polar surface area (TPSA) is 58.2 Å². The van der Waals surface area contributed by atoms with E-state index in [-0.39, 0.29) is 12.2 Å². The monoisotopic (exact) mass is 341 g/mol. The van der Waals surface area contributed by atoms with Gasteiger partial charge in [-0.25, -0.2) is 9.78 Å². The Hall–Kier alpha value is -0.240. The maximum absolute atomic E-state index is 6.33. The maximum Gasteiger partial charge on any atom is 0.201 e. The first-order valence-electron chi connectivity index (χ1n) is 9.46. The van der Waals surface area contributed by atoms with Crippen molar-refractivity contribution in [3.63, 3.8) is 0 Å². The minimum atomic E-state index is -0.715. The minimum absolute atomic E-state index is 0.250. The molecule has 4 saturated heterocycles. The van der Waals surface area contributed by atoms with E-state index >= 15 is 0 Å². The van der Waals surface area contributed by atoms with Gasteiger partial charge in [0, 0.05) is 24.8 Å². The van der Waals surface area contributed by atoms with E-state index in [0.29, 0.717) is 24.4 Å². The van der Waals surface area contributed by atoms with E-state index in [9.17, 15) is 0 Å². The van der Waals surface area contributed by atoms with Gasteiger partial charge in [0.05, 0.1) is 6.61 Å². The normalized spacial score (nSPS) is 53.5. The zero-order chi connectivity index (χ0) is 16.9. The summed E-state index contributed by atoms with van der Waals surface area (Å²) in [5.74, 6) is 0.871. The summed E-state index contributed by atoms with van der Waals surface area (Å²) in [6.07, 6.45) is 3.57. The molecule has 1 N–H and O–H groups in total. The lowest BCUT2D eigenvalue weighted by atomic mass is 9.58. The molecule has 24 heavy (non-hydrogen) atoms. The number of ether oxygens (including phenoxy) is 3. The zero-order valence-electron chi connectivity index (χ0n) is 15.2. The molecule has 2 bridgehead atoms. The molecule has 1 spiro atoms. The maximum atomic E-state index is 6.33. The van der Waals surface area contributed by atoms with E-state index in [1.165, 1.54) is 6.42 Å². The fourth-order valence-electron chi connectivity index (χ4n) is 5.34. The molecule has 6 nitrogen and oxygen atoms in total. The summed E-state index contributed by atoms with van der Waals surface area (Å²) in [5.41, 5.74) is -0.490. The van der Waals surface area contributed by atoms with Crippen molar-refractivity contribution in [3.8, 4) is 0 Å². The van der Waals surface area contributed by atoms with Gasteiger partial charge in [-0.05, 0) is 45.1 Å². The van der Waals surface area contributed by atoms with Crippen molar-refractivity contribution in [1.29, 1.82) is 0 Å². The van der Waals surface area contributed by atoms with Crippen LogP contribution in [0.2, 0.25) is 0 Å². The molecule has 4 heterocycles. The van der Waals surface area contributed by atoms with E-state index in [1.807, 2.05) is 14.0 Å². The van der Waals surface area contributed by atoms with Gasteiger partial charge in [0.25, 0.3) is 0 Å². The van der Waals surface area contributed by atoms with Crippen LogP contribution in [0.1, 0.15) is 46.5 Å². The molecule has 0 aromatic carbocycles. The van der Waals surface area contributed by atoms with E-state index in [0.717, 1.165) is 25.8 Å². The molecule has 0 radical (unpaired) electrons. The van der Waals surface area contributed by atoms with Crippen LogP contribution in [0.3, 0.4) is 0 Å². The van der Waals surface area contributed by atoms with E-state index in [4.69, 9.17) is 24.0 Å². The van der Waals surface area contributed by atoms with Crippen molar-refractivity contribution in [2.24, 2.45) is 23.7 Å². The summed E-state index contributed by atoms with van der Waals surface area (Å²) in [7, 11) is 1.93. The van der Waals surface area contributed by atoms with Crippen LogP contribution in [0.25, 0.3) is 0 Å². The number of hydrogen-bond acceptors (Lipinski definition) is 6. The van der Waals surface area contributed by atoms with Gasteiger partial charge < -0.3 is 19.5 Å². The molecular weight excluding hydrogens is 310 g/mol. The average molecular weight is 341 g/mol. The van der Waals surface area contributed by atoms with Crippen molar-refractivity contribution >= 4 is 0 Å². The highest BCUT2D eigenvalue weighted by Gasteiger charge is 2.69. The summed E-state index contributed by atoms with van der Waals surface area (Å²) in [5, 5.41) is 3.11. The lowest BCUT2D eigenvalue weighted by Gasteiger charge is -2.60. The second-order valence-corrected chi connectivity index (χ2v) is 8.25. The standard InChI is InChI=1S/C18H31NO5/c1-11-5-6-14-12(2)15(20-10-9-19-4)21-16-18(14)13(11)7-8-17(3,22-16)23-24-18/h11-16,19H,5-10H2,1-4H3/t11-,12-,13?,14?,15+,16-,17-,18-/m1/s1. The van der Waals surface area contributed by atoms with Crippen LogP contribution < -0.4 is 5.32 Å². The van der Waals surface area contributed by atoms with Crippen molar-refractivity contribution in [2.45, 2.75) is 70.4 Å². The Morgan fingerprint density at radius 3 is 2.75 bits per heavy atom. The first-order chi connectivity index (χ1) is 11.5. The fourth-order valence-corrected chi connectivity index (χ4v) is 5.34. The second kappa shape index (κ2) is 6.18. The molecular formula is C18H31NO5. The summed E-state index contributed by atoms with van der Waals surface area (Å²) >= 11 is 0. The molecule has 0 aromatic rings. The van der Waals surface area contributed by atoms with Gasteiger partial charge in [-0.3, -0.25) is 0 Å². The molecule has 5 aliphatic rings. The Morgan fingerprint density at radius 1 is 1.12 bits per heavy atom. The molecule has 5 rings (SSSR count). The summed E-state index contributed by atoms with van der Waals surface area (Å²) in [6, 6.07) is 0. The van der Waals surface area contributed by atoms with Crippen LogP contribution in [0.5, 0.6) is 0 Å². The van der Waals surface area contributed by atoms with Gasteiger partial charge in [0.1, 0.15) is 0 Å². The highest BCUT2D eigenvalue weighted by molar-refractivity contribution is 5.09. The van der Waals surface area contributed by atoms with Crippen LogP contribution in [0, 0.1) is 23.7 Å². The first-order valence-corrected chi connectivity index (χ1v) is 9.46. The number of nitrogens with one attached hydrogen (secondary N) is 1. The third kappa shape index (κ3) is 2.46. The van der Waals surface area contributed by atoms with E-state index in [1.54, 1.807) is 0 Å². The largest absolute Gasteiger partial charge is 0.351 e. The lowest BCUT2D eigenvalue weighted by molar-refractivity contribution is -0.577. The Labute approximate surface area is 144 Å². The smallest absolute Gasteiger partial charge is 0.201 e. The van der Waals surface area contributed by atoms with Crippen LogP contribution in [-0.4, -0.2) is 44.2 Å². The fraction of sp³-hybridized carbons (Fsp3) is 1.00. The van der Waals surface area contributed by atoms with Crippen molar-refractivity contribution < 1.29 is 24.0 Å². The van der Waals surface area contributed by atoms with Gasteiger partial charge in [-0.2, -0.15) is 0 Å². The summed E-state index contributed by atoms with van der Waals surface area (Å²) in [4.78, 5) is 11.9. The minimum Gasteiger partial charge on any atom is -0.351 e. The number of rotatable bonds is 4. The highest BCUT2D eigenvalue weighted by Crippen LogP contribution is 2.60. The number of hydrogen-bond donors (Lipinski definition) is 1. The second-order valence-electron chi connectivity index (χ2n) is 8.25. The van der Waals surface area contributed by atoms with Gasteiger partial charge in [-0.1, -0.05) is 13.8 Å². The van der Waals surface area contributed by atoms with Gasteiger partial charge in [-0.15, -0.1) is 0 Å². The Balaban J connectivity index is 1.64. The molecule has 138 valence electrons. The molecule has 8 atom stereocenters. The Kier molecular flexibility index (Phi) is 4.43. The van der Waals surface area contributed by atoms with Crippen LogP contribution >= 0.6 is 0 Å². The quantitative estimate of drug-likeness (QED) is 0.626. The molecule has 5 fully saturated rings. The SMILES string of the molecule is CNCCO[C@H]1O[C@@H]2O[C@@]3(C)CCC4[C@H](C)CCC([C@H]1C)[C@]42OO3. The third-order valence-electron chi connectivity index (χ3n) is 6.73. The van der Waals surface area contributed by atoms with Gasteiger partial charge >= 0.3 is 0 Å². The number of likely N-dealkylation sites (N-methyl/N-ethyl adjacent to an activating group) is 1. The highest BCUT2D eigenvalue weighted by atomic mass is 17.3. The van der Waals surface area contributed by atoms with Crippen molar-refractivity contribution in [3.05, 3.63) is 0 Å². The van der Waals surface area contributed by atoms with E-state index in [2.05, 4.69) is 19.2 Å².